The smallest absolute Gasteiger partial charge is 0.141 e. The fraction of sp³-hybridized carbons (Fsp3) is 0.583. The van der Waals surface area contributed by atoms with E-state index < -0.39 is 0 Å². The van der Waals surface area contributed by atoms with Gasteiger partial charge in [0.15, 0.2) is 0 Å². The molecule has 0 bridgehead atoms. The zero-order valence-electron chi connectivity index (χ0n) is 9.38. The highest BCUT2D eigenvalue weighted by molar-refractivity contribution is 6.17. The van der Waals surface area contributed by atoms with Gasteiger partial charge in [-0.1, -0.05) is 12.8 Å². The zero-order chi connectivity index (χ0) is 11.6. The highest BCUT2D eigenvalue weighted by Crippen LogP contribution is 2.02. The highest BCUT2D eigenvalue weighted by atomic mass is 35.5. The molecule has 0 aliphatic heterocycles. The first kappa shape index (κ1) is 13.4. The average molecular weight is 245 g/mol. The van der Waals surface area contributed by atoms with Crippen LogP contribution in [0.2, 0.25) is 0 Å². The number of hydrogen-bond donors (Lipinski definition) is 1. The van der Waals surface area contributed by atoms with E-state index in [1.165, 1.54) is 25.1 Å². The van der Waals surface area contributed by atoms with Crippen molar-refractivity contribution in [3.05, 3.63) is 29.8 Å². The van der Waals surface area contributed by atoms with E-state index in [-0.39, 0.29) is 5.82 Å². The molecule has 0 atom stereocenters. The maximum Gasteiger partial charge on any atom is 0.141 e. The second kappa shape index (κ2) is 8.48. The van der Waals surface area contributed by atoms with Crippen LogP contribution in [0.1, 0.15) is 31.2 Å². The standard InChI is InChI=1S/C12H18ClFN2/c13-5-3-1-2-4-6-15-8-11-7-12(14)10-16-9-11/h7,9-10,15H,1-6,8H2. The van der Waals surface area contributed by atoms with E-state index >= 15 is 0 Å². The Morgan fingerprint density at radius 1 is 1.19 bits per heavy atom. The van der Waals surface area contributed by atoms with Crippen molar-refractivity contribution < 1.29 is 4.39 Å². The normalized spacial score (nSPS) is 10.6. The predicted molar refractivity (Wildman–Crippen MR) is 65.1 cm³/mol. The number of unbranched alkanes of at least 4 members (excludes halogenated alkanes) is 3. The lowest BCUT2D eigenvalue weighted by Crippen LogP contribution is -2.14. The molecule has 16 heavy (non-hydrogen) atoms. The number of alkyl halides is 1. The minimum atomic E-state index is -0.276. The molecule has 0 aliphatic carbocycles. The molecule has 4 heteroatoms. The van der Waals surface area contributed by atoms with Crippen molar-refractivity contribution >= 4 is 11.6 Å². The van der Waals surface area contributed by atoms with Crippen molar-refractivity contribution in [2.75, 3.05) is 12.4 Å². The van der Waals surface area contributed by atoms with Crippen LogP contribution in [0.3, 0.4) is 0 Å². The van der Waals surface area contributed by atoms with E-state index in [9.17, 15) is 4.39 Å². The van der Waals surface area contributed by atoms with Gasteiger partial charge in [-0.05, 0) is 31.0 Å². The summed E-state index contributed by atoms with van der Waals surface area (Å²) in [6.45, 7) is 1.64. The van der Waals surface area contributed by atoms with Crippen LogP contribution < -0.4 is 5.32 Å². The van der Waals surface area contributed by atoms with Crippen molar-refractivity contribution in [2.24, 2.45) is 0 Å². The Morgan fingerprint density at radius 2 is 2.00 bits per heavy atom. The molecular weight excluding hydrogens is 227 g/mol. The van der Waals surface area contributed by atoms with Crippen molar-refractivity contribution in [2.45, 2.75) is 32.2 Å². The van der Waals surface area contributed by atoms with Gasteiger partial charge >= 0.3 is 0 Å². The molecule has 0 aromatic carbocycles. The molecule has 1 aromatic heterocycles. The Morgan fingerprint density at radius 3 is 2.75 bits per heavy atom. The monoisotopic (exact) mass is 244 g/mol. The van der Waals surface area contributed by atoms with E-state index in [1.807, 2.05) is 0 Å². The van der Waals surface area contributed by atoms with Crippen LogP contribution in [0.5, 0.6) is 0 Å². The third-order valence-corrected chi connectivity index (χ3v) is 2.60. The van der Waals surface area contributed by atoms with E-state index in [0.717, 1.165) is 30.8 Å². The van der Waals surface area contributed by atoms with E-state index in [0.29, 0.717) is 6.54 Å². The summed E-state index contributed by atoms with van der Waals surface area (Å²) in [6, 6.07) is 1.51. The third-order valence-electron chi connectivity index (χ3n) is 2.33. The lowest BCUT2D eigenvalue weighted by atomic mass is 10.2. The Balaban J connectivity index is 2.03. The number of rotatable bonds is 8. The van der Waals surface area contributed by atoms with E-state index in [1.54, 1.807) is 6.20 Å². The lowest BCUT2D eigenvalue weighted by Gasteiger charge is -2.04. The minimum absolute atomic E-state index is 0.276. The number of pyridine rings is 1. The maximum absolute atomic E-state index is 12.8. The van der Waals surface area contributed by atoms with Gasteiger partial charge < -0.3 is 5.32 Å². The first-order valence-corrected chi connectivity index (χ1v) is 6.22. The summed E-state index contributed by atoms with van der Waals surface area (Å²) >= 11 is 5.58. The fourth-order valence-electron chi connectivity index (χ4n) is 1.48. The van der Waals surface area contributed by atoms with Gasteiger partial charge in [0.05, 0.1) is 6.20 Å². The van der Waals surface area contributed by atoms with Gasteiger partial charge in [-0.2, -0.15) is 0 Å². The number of nitrogens with zero attached hydrogens (tertiary/aromatic N) is 1. The Labute approximate surface area is 101 Å². The van der Waals surface area contributed by atoms with Crippen molar-refractivity contribution in [1.82, 2.24) is 10.3 Å². The Kier molecular flexibility index (Phi) is 7.10. The molecule has 0 amide bonds. The van der Waals surface area contributed by atoms with Crippen molar-refractivity contribution in [3.8, 4) is 0 Å². The molecule has 0 unspecified atom stereocenters. The first-order valence-electron chi connectivity index (χ1n) is 5.69. The number of aromatic nitrogens is 1. The summed E-state index contributed by atoms with van der Waals surface area (Å²) in [7, 11) is 0. The maximum atomic E-state index is 12.8. The molecule has 0 saturated heterocycles. The summed E-state index contributed by atoms with van der Waals surface area (Å²) < 4.78 is 12.8. The molecule has 2 nitrogen and oxygen atoms in total. The van der Waals surface area contributed by atoms with Gasteiger partial charge in [0, 0.05) is 18.6 Å². The van der Waals surface area contributed by atoms with E-state index in [4.69, 9.17) is 11.6 Å². The minimum Gasteiger partial charge on any atom is -0.313 e. The van der Waals surface area contributed by atoms with Gasteiger partial charge in [0.25, 0.3) is 0 Å². The molecule has 0 fully saturated rings. The molecule has 1 rings (SSSR count). The van der Waals surface area contributed by atoms with E-state index in [2.05, 4.69) is 10.3 Å². The molecule has 0 radical (unpaired) electrons. The molecule has 1 N–H and O–H groups in total. The SMILES string of the molecule is Fc1cncc(CNCCCCCCCl)c1. The van der Waals surface area contributed by atoms with Gasteiger partial charge in [-0.25, -0.2) is 4.39 Å². The number of nitrogens with one attached hydrogen (secondary N) is 1. The van der Waals surface area contributed by atoms with Crippen LogP contribution in [0.15, 0.2) is 18.5 Å². The third kappa shape index (κ3) is 6.03. The van der Waals surface area contributed by atoms with Gasteiger partial charge in [0.1, 0.15) is 5.82 Å². The van der Waals surface area contributed by atoms with Crippen LogP contribution in [0, 0.1) is 5.82 Å². The first-order chi connectivity index (χ1) is 7.83. The number of halogens is 2. The summed E-state index contributed by atoms with van der Waals surface area (Å²) in [6.07, 6.45) is 7.52. The summed E-state index contributed by atoms with van der Waals surface area (Å²) in [5.74, 6) is 0.476. The zero-order valence-corrected chi connectivity index (χ0v) is 10.1. The van der Waals surface area contributed by atoms with Crippen molar-refractivity contribution in [3.63, 3.8) is 0 Å². The molecular formula is C12H18ClFN2. The number of hydrogen-bond acceptors (Lipinski definition) is 2. The molecule has 0 aliphatic rings. The topological polar surface area (TPSA) is 24.9 Å². The summed E-state index contributed by atoms with van der Waals surface area (Å²) in [5, 5.41) is 3.27. The second-order valence-corrected chi connectivity index (χ2v) is 4.17. The quantitative estimate of drug-likeness (QED) is 0.562. The lowest BCUT2D eigenvalue weighted by molar-refractivity contribution is 0.590. The highest BCUT2D eigenvalue weighted by Gasteiger charge is 1.95. The van der Waals surface area contributed by atoms with Gasteiger partial charge in [-0.3, -0.25) is 4.98 Å². The molecule has 1 heterocycles. The Bertz CT molecular complexity index is 294. The van der Waals surface area contributed by atoms with Crippen molar-refractivity contribution in [1.29, 1.82) is 0 Å². The fourth-order valence-corrected chi connectivity index (χ4v) is 1.67. The van der Waals surface area contributed by atoms with Gasteiger partial charge in [-0.15, -0.1) is 11.6 Å². The largest absolute Gasteiger partial charge is 0.313 e. The Hall–Kier alpha value is -0.670. The van der Waals surface area contributed by atoms with Gasteiger partial charge in [0.2, 0.25) is 0 Å². The van der Waals surface area contributed by atoms with Crippen LogP contribution >= 0.6 is 11.6 Å². The molecule has 90 valence electrons. The van der Waals surface area contributed by atoms with Crippen LogP contribution in [-0.2, 0) is 6.54 Å². The molecule has 0 saturated carbocycles. The summed E-state index contributed by atoms with van der Waals surface area (Å²) in [4.78, 5) is 3.79. The average Bonchev–Trinajstić information content (AvgIpc) is 2.28. The predicted octanol–water partition coefficient (Wildman–Crippen LogP) is 3.11. The molecule has 1 aromatic rings. The van der Waals surface area contributed by atoms with Crippen LogP contribution in [0.25, 0.3) is 0 Å². The molecule has 0 spiro atoms. The summed E-state index contributed by atoms with van der Waals surface area (Å²) in [5.41, 5.74) is 0.890. The van der Waals surface area contributed by atoms with Crippen LogP contribution in [-0.4, -0.2) is 17.4 Å². The van der Waals surface area contributed by atoms with Crippen LogP contribution in [0.4, 0.5) is 4.39 Å². The second-order valence-electron chi connectivity index (χ2n) is 3.79.